The second-order valence-electron chi connectivity index (χ2n) is 6.02. The smallest absolute Gasteiger partial charge is 0.261 e. The Morgan fingerprint density at radius 3 is 2.35 bits per heavy atom. The first-order valence-corrected chi connectivity index (χ1v) is 9.99. The molecule has 0 spiro atoms. The SMILES string of the molecule is CCC(Oc1ccc(OC)cc1)C(=O)NCCSCc1ccc(C)cc1. The third-order valence-corrected chi connectivity index (χ3v) is 4.97. The maximum absolute atomic E-state index is 12.3. The van der Waals surface area contributed by atoms with Gasteiger partial charge in [0.05, 0.1) is 7.11 Å². The van der Waals surface area contributed by atoms with Crippen LogP contribution in [0.2, 0.25) is 0 Å². The number of amides is 1. The number of hydrogen-bond donors (Lipinski definition) is 1. The maximum Gasteiger partial charge on any atom is 0.261 e. The van der Waals surface area contributed by atoms with Gasteiger partial charge in [-0.25, -0.2) is 0 Å². The molecule has 2 aromatic rings. The van der Waals surface area contributed by atoms with Gasteiger partial charge in [0.15, 0.2) is 6.10 Å². The number of aryl methyl sites for hydroxylation is 1. The van der Waals surface area contributed by atoms with Crippen LogP contribution in [-0.4, -0.2) is 31.4 Å². The highest BCUT2D eigenvalue weighted by Crippen LogP contribution is 2.19. The highest BCUT2D eigenvalue weighted by atomic mass is 32.2. The Morgan fingerprint density at radius 2 is 1.73 bits per heavy atom. The lowest BCUT2D eigenvalue weighted by atomic mass is 10.2. The molecule has 0 aliphatic rings. The first-order valence-electron chi connectivity index (χ1n) is 8.84. The number of hydrogen-bond acceptors (Lipinski definition) is 4. The van der Waals surface area contributed by atoms with Crippen molar-refractivity contribution < 1.29 is 14.3 Å². The standard InChI is InChI=1S/C21H27NO3S/c1-4-20(25-19-11-9-18(24-3)10-12-19)21(23)22-13-14-26-15-17-7-5-16(2)6-8-17/h5-12,20H,4,13-15H2,1-3H3,(H,22,23). The number of rotatable bonds is 10. The van der Waals surface area contributed by atoms with E-state index in [2.05, 4.69) is 36.5 Å². The number of carbonyl (C=O) groups excluding carboxylic acids is 1. The summed E-state index contributed by atoms with van der Waals surface area (Å²) in [7, 11) is 1.62. The molecule has 0 radical (unpaired) electrons. The van der Waals surface area contributed by atoms with Crippen LogP contribution in [-0.2, 0) is 10.5 Å². The van der Waals surface area contributed by atoms with Gasteiger partial charge in [0.2, 0.25) is 0 Å². The number of thioether (sulfide) groups is 1. The van der Waals surface area contributed by atoms with Gasteiger partial charge in [-0.3, -0.25) is 4.79 Å². The van der Waals surface area contributed by atoms with Crippen LogP contribution in [0.4, 0.5) is 0 Å². The minimum absolute atomic E-state index is 0.0701. The molecule has 0 aliphatic heterocycles. The zero-order valence-corrected chi connectivity index (χ0v) is 16.5. The van der Waals surface area contributed by atoms with Crippen LogP contribution in [0.15, 0.2) is 48.5 Å². The Labute approximate surface area is 160 Å². The Balaban J connectivity index is 1.69. The molecule has 0 saturated heterocycles. The second-order valence-corrected chi connectivity index (χ2v) is 7.12. The lowest BCUT2D eigenvalue weighted by Crippen LogP contribution is -2.39. The number of ether oxygens (including phenoxy) is 2. The van der Waals surface area contributed by atoms with Gasteiger partial charge < -0.3 is 14.8 Å². The van der Waals surface area contributed by atoms with E-state index in [9.17, 15) is 4.79 Å². The molecule has 0 fully saturated rings. The van der Waals surface area contributed by atoms with Crippen LogP contribution in [0.3, 0.4) is 0 Å². The van der Waals surface area contributed by atoms with Gasteiger partial charge >= 0.3 is 0 Å². The summed E-state index contributed by atoms with van der Waals surface area (Å²) < 4.78 is 10.9. The van der Waals surface area contributed by atoms with E-state index in [4.69, 9.17) is 9.47 Å². The first kappa shape index (κ1) is 20.2. The number of methoxy groups -OCH3 is 1. The van der Waals surface area contributed by atoms with Gasteiger partial charge in [-0.1, -0.05) is 36.8 Å². The van der Waals surface area contributed by atoms with Crippen molar-refractivity contribution in [3.63, 3.8) is 0 Å². The average molecular weight is 374 g/mol. The molecule has 0 saturated carbocycles. The third kappa shape index (κ3) is 6.64. The van der Waals surface area contributed by atoms with Crippen molar-refractivity contribution >= 4 is 17.7 Å². The average Bonchev–Trinajstić information content (AvgIpc) is 2.67. The molecule has 0 heterocycles. The topological polar surface area (TPSA) is 47.6 Å². The second kappa shape index (κ2) is 10.8. The molecule has 1 unspecified atom stereocenters. The van der Waals surface area contributed by atoms with E-state index in [-0.39, 0.29) is 5.91 Å². The number of nitrogens with one attached hydrogen (secondary N) is 1. The molecule has 1 N–H and O–H groups in total. The minimum Gasteiger partial charge on any atom is -0.497 e. The Kier molecular flexibility index (Phi) is 8.35. The molecular weight excluding hydrogens is 346 g/mol. The lowest BCUT2D eigenvalue weighted by molar-refractivity contribution is -0.127. The first-order chi connectivity index (χ1) is 12.6. The fourth-order valence-corrected chi connectivity index (χ4v) is 3.19. The van der Waals surface area contributed by atoms with Crippen LogP contribution >= 0.6 is 11.8 Å². The highest BCUT2D eigenvalue weighted by molar-refractivity contribution is 7.98. The van der Waals surface area contributed by atoms with Crippen LogP contribution in [0.25, 0.3) is 0 Å². The largest absolute Gasteiger partial charge is 0.497 e. The van der Waals surface area contributed by atoms with Crippen molar-refractivity contribution in [3.8, 4) is 11.5 Å². The molecule has 1 amide bonds. The van der Waals surface area contributed by atoms with Gasteiger partial charge in [0.25, 0.3) is 5.91 Å². The van der Waals surface area contributed by atoms with Crippen LogP contribution in [0.5, 0.6) is 11.5 Å². The molecule has 140 valence electrons. The summed E-state index contributed by atoms with van der Waals surface area (Å²) in [6.07, 6.45) is 0.138. The normalized spacial score (nSPS) is 11.7. The van der Waals surface area contributed by atoms with Crippen LogP contribution in [0, 0.1) is 6.92 Å². The fourth-order valence-electron chi connectivity index (χ4n) is 2.38. The maximum atomic E-state index is 12.3. The van der Waals surface area contributed by atoms with E-state index in [1.807, 2.05) is 43.0 Å². The third-order valence-electron chi connectivity index (χ3n) is 3.94. The van der Waals surface area contributed by atoms with Gasteiger partial charge in [-0.05, 0) is 43.2 Å². The molecule has 4 nitrogen and oxygen atoms in total. The summed E-state index contributed by atoms with van der Waals surface area (Å²) >= 11 is 1.81. The van der Waals surface area contributed by atoms with E-state index in [0.29, 0.717) is 18.7 Å². The molecular formula is C21H27NO3S. The lowest BCUT2D eigenvalue weighted by Gasteiger charge is -2.17. The molecule has 0 aromatic heterocycles. The summed E-state index contributed by atoms with van der Waals surface area (Å²) in [5.41, 5.74) is 2.58. The Bertz CT molecular complexity index is 671. The van der Waals surface area contributed by atoms with Crippen molar-refractivity contribution in [2.45, 2.75) is 32.1 Å². The Morgan fingerprint density at radius 1 is 1.08 bits per heavy atom. The number of benzene rings is 2. The zero-order valence-electron chi connectivity index (χ0n) is 15.7. The van der Waals surface area contributed by atoms with Crippen molar-refractivity contribution in [1.29, 1.82) is 0 Å². The quantitative estimate of drug-likeness (QED) is 0.634. The van der Waals surface area contributed by atoms with Gasteiger partial charge in [-0.15, -0.1) is 0 Å². The minimum atomic E-state index is -0.481. The predicted molar refractivity (Wildman–Crippen MR) is 108 cm³/mol. The zero-order chi connectivity index (χ0) is 18.8. The molecule has 2 rings (SSSR count). The number of carbonyl (C=O) groups is 1. The summed E-state index contributed by atoms with van der Waals surface area (Å²) in [5, 5.41) is 2.96. The van der Waals surface area contributed by atoms with E-state index in [0.717, 1.165) is 17.3 Å². The van der Waals surface area contributed by atoms with Crippen LogP contribution in [0.1, 0.15) is 24.5 Å². The van der Waals surface area contributed by atoms with Crippen molar-refractivity contribution in [1.82, 2.24) is 5.32 Å². The van der Waals surface area contributed by atoms with Gasteiger partial charge in [-0.2, -0.15) is 11.8 Å². The fraction of sp³-hybridized carbons (Fsp3) is 0.381. The van der Waals surface area contributed by atoms with Crippen molar-refractivity contribution in [2.24, 2.45) is 0 Å². The van der Waals surface area contributed by atoms with Crippen molar-refractivity contribution in [3.05, 3.63) is 59.7 Å². The molecule has 0 bridgehead atoms. The van der Waals surface area contributed by atoms with Gasteiger partial charge in [0.1, 0.15) is 11.5 Å². The highest BCUT2D eigenvalue weighted by Gasteiger charge is 2.17. The summed E-state index contributed by atoms with van der Waals surface area (Å²) in [6.45, 7) is 4.67. The van der Waals surface area contributed by atoms with E-state index in [1.165, 1.54) is 11.1 Å². The van der Waals surface area contributed by atoms with E-state index >= 15 is 0 Å². The summed E-state index contributed by atoms with van der Waals surface area (Å²) in [6, 6.07) is 15.8. The molecule has 1 atom stereocenters. The summed E-state index contributed by atoms with van der Waals surface area (Å²) in [5.74, 6) is 3.19. The van der Waals surface area contributed by atoms with Crippen LogP contribution < -0.4 is 14.8 Å². The van der Waals surface area contributed by atoms with Gasteiger partial charge in [0, 0.05) is 18.1 Å². The Hall–Kier alpha value is -2.14. The molecule has 5 heteroatoms. The predicted octanol–water partition coefficient (Wildman–Crippen LogP) is 4.21. The van der Waals surface area contributed by atoms with Crippen molar-refractivity contribution in [2.75, 3.05) is 19.4 Å². The van der Waals surface area contributed by atoms with E-state index in [1.54, 1.807) is 7.11 Å². The van der Waals surface area contributed by atoms with E-state index < -0.39 is 6.10 Å². The molecule has 0 aliphatic carbocycles. The summed E-state index contributed by atoms with van der Waals surface area (Å²) in [4.78, 5) is 12.3. The molecule has 2 aromatic carbocycles. The molecule has 26 heavy (non-hydrogen) atoms. The monoisotopic (exact) mass is 373 g/mol.